The summed E-state index contributed by atoms with van der Waals surface area (Å²) in [6, 6.07) is 135. The van der Waals surface area contributed by atoms with Gasteiger partial charge in [0.25, 0.3) is 6.71 Å². The van der Waals surface area contributed by atoms with E-state index in [1.165, 1.54) is 79.8 Å². The van der Waals surface area contributed by atoms with E-state index in [0.29, 0.717) is 0 Å². The lowest BCUT2D eigenvalue weighted by Crippen LogP contribution is -2.74. The summed E-state index contributed by atoms with van der Waals surface area (Å²) in [5.41, 5.74) is 18.6. The molecular formula is C91H68BN3Si2. The number of aromatic nitrogens is 1. The number of hydrogen-bond acceptors (Lipinski definition) is 2. The summed E-state index contributed by atoms with van der Waals surface area (Å²) in [7, 11) is -5.82. The number of para-hydroxylation sites is 2. The zero-order valence-corrected chi connectivity index (χ0v) is 56.0. The number of nitrogens with zero attached hydrogens (tertiary/aromatic N) is 3. The van der Waals surface area contributed by atoms with Crippen molar-refractivity contribution < 1.29 is 0 Å². The Morgan fingerprint density at radius 1 is 0.330 bits per heavy atom. The van der Waals surface area contributed by atoms with Crippen molar-refractivity contribution in [1.82, 2.24) is 4.57 Å². The Bertz CT molecular complexity index is 5220. The third-order valence-electron chi connectivity index (χ3n) is 20.4. The van der Waals surface area contributed by atoms with Crippen molar-refractivity contribution in [2.45, 2.75) is 6.92 Å². The molecule has 0 saturated heterocycles. The first-order chi connectivity index (χ1) is 48.0. The molecule has 6 heteroatoms. The van der Waals surface area contributed by atoms with Gasteiger partial charge in [-0.1, -0.05) is 328 Å². The first kappa shape index (κ1) is 59.0. The third kappa shape index (κ3) is 9.70. The van der Waals surface area contributed by atoms with Crippen molar-refractivity contribution in [3.05, 3.63) is 394 Å². The molecule has 458 valence electrons. The smallest absolute Gasteiger partial charge is 0.252 e. The van der Waals surface area contributed by atoms with Gasteiger partial charge >= 0.3 is 0 Å². The second-order valence-corrected chi connectivity index (χ2v) is 33.1. The van der Waals surface area contributed by atoms with Crippen LogP contribution < -0.4 is 67.7 Å². The molecule has 0 spiro atoms. The lowest BCUT2D eigenvalue weighted by Gasteiger charge is -2.45. The molecule has 0 saturated carbocycles. The summed E-state index contributed by atoms with van der Waals surface area (Å²) in [6.07, 6.45) is 8.15. The highest BCUT2D eigenvalue weighted by Gasteiger charge is 2.47. The summed E-state index contributed by atoms with van der Waals surface area (Å²) in [4.78, 5) is 5.21. The van der Waals surface area contributed by atoms with E-state index in [1.54, 1.807) is 0 Å². The van der Waals surface area contributed by atoms with Crippen LogP contribution in [-0.2, 0) is 0 Å². The largest absolute Gasteiger partial charge is 0.311 e. The Morgan fingerprint density at radius 2 is 0.722 bits per heavy atom. The van der Waals surface area contributed by atoms with Gasteiger partial charge in [0.15, 0.2) is 16.1 Å². The van der Waals surface area contributed by atoms with Gasteiger partial charge in [-0.15, -0.1) is 0 Å². The summed E-state index contributed by atoms with van der Waals surface area (Å²) in [5, 5.41) is 13.1. The number of hydrogen-bond donors (Lipinski definition) is 0. The predicted molar refractivity (Wildman–Crippen MR) is 420 cm³/mol. The van der Waals surface area contributed by atoms with Crippen LogP contribution in [0.3, 0.4) is 0 Å². The fourth-order valence-electron chi connectivity index (χ4n) is 16.2. The quantitative estimate of drug-likeness (QED) is 0.0576. The van der Waals surface area contributed by atoms with Crippen molar-refractivity contribution >= 4 is 142 Å². The normalized spacial score (nSPS) is 12.8. The van der Waals surface area contributed by atoms with Crippen LogP contribution >= 0.6 is 0 Å². The lowest BCUT2D eigenvalue weighted by molar-refractivity contribution is 1.16. The molecule has 15 aromatic rings. The van der Waals surface area contributed by atoms with Gasteiger partial charge in [-0.25, -0.2) is 0 Å². The number of allylic oxidation sites excluding steroid dienone is 5. The summed E-state index contributed by atoms with van der Waals surface area (Å²) < 4.78 is 2.51. The fraction of sp³-hybridized carbons (Fsp3) is 0.0110. The molecule has 0 N–H and O–H groups in total. The summed E-state index contributed by atoms with van der Waals surface area (Å²) >= 11 is 0. The zero-order chi connectivity index (χ0) is 64.9. The van der Waals surface area contributed by atoms with Crippen LogP contribution in [0.2, 0.25) is 0 Å². The minimum absolute atomic E-state index is 0.188. The van der Waals surface area contributed by atoms with Crippen molar-refractivity contribution in [3.63, 3.8) is 0 Å². The Morgan fingerprint density at radius 3 is 1.15 bits per heavy atom. The molecule has 3 heterocycles. The van der Waals surface area contributed by atoms with Crippen molar-refractivity contribution in [2.75, 3.05) is 9.80 Å². The van der Waals surface area contributed by atoms with Crippen molar-refractivity contribution in [1.29, 1.82) is 0 Å². The number of anilines is 6. The first-order valence-electron chi connectivity index (χ1n) is 33.6. The Kier molecular flexibility index (Phi) is 15.1. The standard InChI is InChI=1S/C91H68BN3Si2/c1-3-4-12-32-66(2)68-53-62-83-87(63-68)94(70-56-60-79(61-57-70)97(75-41-21-9-22-42-75,76-43-23-10-24-44-76)77-45-25-11-26-46-77)89-65-71(95-84-50-29-27-47-81(84)82-48-28-30-51-85(82)95)64-88-91(89)92(83)90-80(67-33-13-5-14-34-67)49-31-52-86(90)93(88)69-54-58-78(59-55-69)96(72-35-15-6-16-36-72,73-37-17-7-18-38-73)74-39-19-8-20-40-74/h3-65H,1H2,2H3/b12-4-,66-32+. The molecule has 0 atom stereocenters. The van der Waals surface area contributed by atoms with Crippen LogP contribution in [0, 0.1) is 0 Å². The van der Waals surface area contributed by atoms with E-state index in [1.807, 2.05) is 12.2 Å². The number of rotatable bonds is 15. The lowest BCUT2D eigenvalue weighted by atomic mass is 9.32. The summed E-state index contributed by atoms with van der Waals surface area (Å²) in [5.74, 6) is 0. The van der Waals surface area contributed by atoms with Crippen LogP contribution in [-0.4, -0.2) is 27.4 Å². The maximum absolute atomic E-state index is 4.01. The monoisotopic (exact) mass is 1270 g/mol. The van der Waals surface area contributed by atoms with E-state index in [2.05, 4.69) is 398 Å². The molecule has 1 aromatic heterocycles. The van der Waals surface area contributed by atoms with Crippen LogP contribution in [0.4, 0.5) is 34.1 Å². The molecule has 14 aromatic carbocycles. The van der Waals surface area contributed by atoms with Gasteiger partial charge < -0.3 is 14.4 Å². The molecule has 0 amide bonds. The zero-order valence-electron chi connectivity index (χ0n) is 54.0. The highest BCUT2D eigenvalue weighted by atomic mass is 28.3. The van der Waals surface area contributed by atoms with Crippen LogP contribution in [0.1, 0.15) is 12.5 Å². The Balaban J connectivity index is 0.971. The van der Waals surface area contributed by atoms with Crippen molar-refractivity contribution in [2.24, 2.45) is 0 Å². The highest BCUT2D eigenvalue weighted by molar-refractivity contribution is 7.20. The molecule has 97 heavy (non-hydrogen) atoms. The van der Waals surface area contributed by atoms with E-state index in [0.717, 1.165) is 62.0 Å². The van der Waals surface area contributed by atoms with Crippen molar-refractivity contribution in [3.8, 4) is 16.8 Å². The Hall–Kier alpha value is -11.8. The van der Waals surface area contributed by atoms with E-state index in [-0.39, 0.29) is 6.71 Å². The molecule has 3 nitrogen and oxygen atoms in total. The van der Waals surface area contributed by atoms with Gasteiger partial charge in [0.1, 0.15) is 0 Å². The maximum atomic E-state index is 4.01. The third-order valence-corrected chi connectivity index (χ3v) is 30.0. The average molecular weight is 1270 g/mol. The van der Waals surface area contributed by atoms with Gasteiger partial charge in [-0.3, -0.25) is 0 Å². The highest BCUT2D eigenvalue weighted by Crippen LogP contribution is 2.48. The molecule has 0 unspecified atom stereocenters. The summed E-state index contributed by atoms with van der Waals surface area (Å²) in [6.45, 7) is 6.05. The van der Waals surface area contributed by atoms with Crippen LogP contribution in [0.15, 0.2) is 389 Å². The maximum Gasteiger partial charge on any atom is 0.252 e. The molecule has 0 radical (unpaired) electrons. The molecule has 17 rings (SSSR count). The predicted octanol–water partition coefficient (Wildman–Crippen LogP) is 15.4. The topological polar surface area (TPSA) is 11.4 Å². The van der Waals surface area contributed by atoms with E-state index in [9.17, 15) is 0 Å². The van der Waals surface area contributed by atoms with E-state index < -0.39 is 16.1 Å². The first-order valence-corrected chi connectivity index (χ1v) is 37.6. The molecule has 0 fully saturated rings. The molecule has 2 aliphatic heterocycles. The molecule has 0 aliphatic carbocycles. The van der Waals surface area contributed by atoms with E-state index >= 15 is 0 Å². The molecular weight excluding hydrogens is 1200 g/mol. The van der Waals surface area contributed by atoms with Gasteiger partial charge in [0, 0.05) is 44.9 Å². The second kappa shape index (κ2) is 24.8. The van der Waals surface area contributed by atoms with Crippen LogP contribution in [0.5, 0.6) is 0 Å². The fourth-order valence-corrected chi connectivity index (χ4v) is 25.7. The SMILES string of the molecule is C=C/C=C\C=C(/C)c1ccc2c(c1)N(c1ccc([Si](c3ccccc3)(c3ccccc3)c3ccccc3)cc1)c1cc(-n3c4ccccc4c4ccccc43)cc3c1B2c1c(-c2ccccc2)cccc1N3c1ccc([Si](c2ccccc2)(c2ccccc2)c2ccccc2)cc1. The number of benzene rings is 14. The molecule has 2 aliphatic rings. The second-order valence-electron chi connectivity index (χ2n) is 25.5. The number of fused-ring (bicyclic) bond motifs is 7. The minimum Gasteiger partial charge on any atom is -0.311 e. The Labute approximate surface area is 570 Å². The van der Waals surface area contributed by atoms with Gasteiger partial charge in [-0.05, 0) is 148 Å². The average Bonchev–Trinajstić information content (AvgIpc) is 1.02. The minimum atomic E-state index is -2.92. The van der Waals surface area contributed by atoms with Gasteiger partial charge in [0.05, 0.1) is 16.7 Å². The molecule has 0 bridgehead atoms. The van der Waals surface area contributed by atoms with Gasteiger partial charge in [0.2, 0.25) is 0 Å². The van der Waals surface area contributed by atoms with E-state index in [4.69, 9.17) is 0 Å². The van der Waals surface area contributed by atoms with Gasteiger partial charge in [-0.2, -0.15) is 0 Å². The van der Waals surface area contributed by atoms with Crippen LogP contribution in [0.25, 0.3) is 44.2 Å².